The second-order valence-corrected chi connectivity index (χ2v) is 7.97. The van der Waals surface area contributed by atoms with Gasteiger partial charge in [0.1, 0.15) is 6.04 Å². The van der Waals surface area contributed by atoms with Gasteiger partial charge in [0.05, 0.1) is 12.1 Å². The number of aryl methyl sites for hydroxylation is 1. The van der Waals surface area contributed by atoms with E-state index in [0.29, 0.717) is 35.9 Å². The van der Waals surface area contributed by atoms with E-state index in [9.17, 15) is 9.59 Å². The minimum absolute atomic E-state index is 0.0478. The van der Waals surface area contributed by atoms with Gasteiger partial charge in [0.15, 0.2) is 0 Å². The molecule has 152 valence electrons. The highest BCUT2D eigenvalue weighted by Crippen LogP contribution is 2.36. The average molecular weight is 396 g/mol. The molecule has 3 saturated heterocycles. The van der Waals surface area contributed by atoms with Crippen molar-refractivity contribution < 1.29 is 18.7 Å². The second-order valence-electron chi connectivity index (χ2n) is 7.97. The molecule has 1 aromatic heterocycles. The average Bonchev–Trinajstić information content (AvgIpc) is 3.50. The van der Waals surface area contributed by atoms with Crippen molar-refractivity contribution in [2.24, 2.45) is 0 Å². The van der Waals surface area contributed by atoms with Gasteiger partial charge in [-0.15, -0.1) is 10.2 Å². The van der Waals surface area contributed by atoms with Gasteiger partial charge in [0.25, 0.3) is 5.91 Å². The Balaban J connectivity index is 1.45. The van der Waals surface area contributed by atoms with Gasteiger partial charge in [0, 0.05) is 44.2 Å². The highest BCUT2D eigenvalue weighted by atomic mass is 16.5. The molecule has 0 bridgehead atoms. The molecule has 3 atom stereocenters. The fraction of sp³-hybridized carbons (Fsp3) is 0.524. The predicted molar refractivity (Wildman–Crippen MR) is 103 cm³/mol. The van der Waals surface area contributed by atoms with E-state index in [0.717, 1.165) is 32.4 Å². The van der Waals surface area contributed by atoms with Gasteiger partial charge in [-0.25, -0.2) is 0 Å². The van der Waals surface area contributed by atoms with Gasteiger partial charge in [-0.1, -0.05) is 6.07 Å². The number of fused-ring (bicyclic) bond motifs is 1. The van der Waals surface area contributed by atoms with Crippen molar-refractivity contribution in [1.82, 2.24) is 20.0 Å². The number of aromatic nitrogens is 2. The Morgan fingerprint density at radius 2 is 2.00 bits per heavy atom. The summed E-state index contributed by atoms with van der Waals surface area (Å²) in [5.41, 5.74) is 1.21. The summed E-state index contributed by atoms with van der Waals surface area (Å²) < 4.78 is 11.3. The fourth-order valence-electron chi connectivity index (χ4n) is 4.75. The number of carbonyl (C=O) groups is 2. The van der Waals surface area contributed by atoms with E-state index in [2.05, 4.69) is 10.2 Å². The first-order valence-corrected chi connectivity index (χ1v) is 10.3. The van der Waals surface area contributed by atoms with E-state index in [1.807, 2.05) is 11.0 Å². The van der Waals surface area contributed by atoms with Crippen molar-refractivity contribution in [3.05, 3.63) is 35.7 Å². The Kier molecular flexibility index (Phi) is 4.58. The van der Waals surface area contributed by atoms with Crippen LogP contribution in [0.1, 0.15) is 41.9 Å². The van der Waals surface area contributed by atoms with Crippen LogP contribution in [0.2, 0.25) is 0 Å². The lowest BCUT2D eigenvalue weighted by Gasteiger charge is -2.31. The molecule has 3 aliphatic heterocycles. The lowest BCUT2D eigenvalue weighted by Crippen LogP contribution is -2.49. The van der Waals surface area contributed by atoms with Crippen molar-refractivity contribution in [2.75, 3.05) is 19.7 Å². The number of nitrogens with zero attached hydrogens (tertiary/aromatic N) is 4. The zero-order valence-electron chi connectivity index (χ0n) is 16.4. The third kappa shape index (κ3) is 3.21. The topological polar surface area (TPSA) is 88.8 Å². The maximum atomic E-state index is 13.5. The molecule has 8 nitrogen and oxygen atoms in total. The number of amides is 2. The molecule has 0 spiro atoms. The first-order valence-electron chi connectivity index (χ1n) is 10.3. The maximum absolute atomic E-state index is 13.5. The molecular formula is C21H24N4O4. The maximum Gasteiger partial charge on any atom is 0.254 e. The Morgan fingerprint density at radius 3 is 2.76 bits per heavy atom. The Hall–Kier alpha value is -2.74. The summed E-state index contributed by atoms with van der Waals surface area (Å²) in [6.45, 7) is 3.91. The van der Waals surface area contributed by atoms with E-state index >= 15 is 0 Å². The molecular weight excluding hydrogens is 372 g/mol. The molecule has 5 rings (SSSR count). The molecule has 0 N–H and O–H groups in total. The zero-order chi connectivity index (χ0) is 20.0. The summed E-state index contributed by atoms with van der Waals surface area (Å²) in [6, 6.07) is 6.67. The molecule has 8 heteroatoms. The van der Waals surface area contributed by atoms with Crippen LogP contribution >= 0.6 is 0 Å². The molecule has 0 aliphatic carbocycles. The Morgan fingerprint density at radius 1 is 1.17 bits per heavy atom. The van der Waals surface area contributed by atoms with Crippen LogP contribution in [0.15, 0.2) is 28.7 Å². The normalized spacial score (nSPS) is 26.2. The lowest BCUT2D eigenvalue weighted by molar-refractivity contribution is -0.134. The van der Waals surface area contributed by atoms with Crippen LogP contribution in [0.4, 0.5) is 0 Å². The summed E-state index contributed by atoms with van der Waals surface area (Å²) >= 11 is 0. The number of hydrogen-bond acceptors (Lipinski definition) is 6. The molecule has 0 saturated carbocycles. The molecule has 1 aromatic carbocycles. The van der Waals surface area contributed by atoms with Crippen molar-refractivity contribution in [3.8, 4) is 11.5 Å². The van der Waals surface area contributed by atoms with Crippen molar-refractivity contribution >= 4 is 11.8 Å². The minimum Gasteiger partial charge on any atom is -0.421 e. The largest absolute Gasteiger partial charge is 0.421 e. The number of hydrogen-bond donors (Lipinski definition) is 0. The van der Waals surface area contributed by atoms with Crippen LogP contribution in [0.3, 0.4) is 0 Å². The third-order valence-electron chi connectivity index (χ3n) is 6.14. The van der Waals surface area contributed by atoms with Gasteiger partial charge >= 0.3 is 0 Å². The smallest absolute Gasteiger partial charge is 0.254 e. The van der Waals surface area contributed by atoms with Crippen LogP contribution in [0, 0.1) is 6.92 Å². The van der Waals surface area contributed by atoms with E-state index in [-0.39, 0.29) is 24.0 Å². The summed E-state index contributed by atoms with van der Waals surface area (Å²) in [6.07, 6.45) is 3.34. The summed E-state index contributed by atoms with van der Waals surface area (Å²) in [4.78, 5) is 30.4. The van der Waals surface area contributed by atoms with Gasteiger partial charge in [-0.3, -0.25) is 9.59 Å². The van der Waals surface area contributed by atoms with E-state index < -0.39 is 6.04 Å². The van der Waals surface area contributed by atoms with Crippen molar-refractivity contribution in [1.29, 1.82) is 0 Å². The van der Waals surface area contributed by atoms with Crippen LogP contribution in [0.5, 0.6) is 0 Å². The summed E-state index contributed by atoms with van der Waals surface area (Å²) in [7, 11) is 0. The van der Waals surface area contributed by atoms with Crippen molar-refractivity contribution in [3.63, 3.8) is 0 Å². The predicted octanol–water partition coefficient (Wildman–Crippen LogP) is 2.04. The van der Waals surface area contributed by atoms with E-state index in [1.54, 1.807) is 30.0 Å². The second kappa shape index (κ2) is 7.26. The van der Waals surface area contributed by atoms with Gasteiger partial charge in [0.2, 0.25) is 17.7 Å². The van der Waals surface area contributed by atoms with Crippen LogP contribution in [0.25, 0.3) is 11.5 Å². The first kappa shape index (κ1) is 18.3. The molecule has 3 aliphatic rings. The zero-order valence-corrected chi connectivity index (χ0v) is 16.4. The standard InChI is InChI=1S/C21H24N4O4/c1-13-22-23-19(29-13)14-5-4-6-15(11-14)20(26)25-16-7-10-28-18(16)12-17(25)21(27)24-8-2-3-9-24/h4-6,11,16-18H,2-3,7-10,12H2,1H3/t16-,17-,18-/m0/s1. The quantitative estimate of drug-likeness (QED) is 0.789. The van der Waals surface area contributed by atoms with E-state index in [4.69, 9.17) is 9.15 Å². The first-order chi connectivity index (χ1) is 14.1. The summed E-state index contributed by atoms with van der Waals surface area (Å²) in [5, 5.41) is 7.90. The van der Waals surface area contributed by atoms with Crippen LogP contribution < -0.4 is 0 Å². The number of rotatable bonds is 3. The van der Waals surface area contributed by atoms with Crippen LogP contribution in [-0.4, -0.2) is 69.7 Å². The third-order valence-corrected chi connectivity index (χ3v) is 6.14. The molecule has 29 heavy (non-hydrogen) atoms. The number of carbonyl (C=O) groups excluding carboxylic acids is 2. The van der Waals surface area contributed by atoms with Crippen molar-refractivity contribution in [2.45, 2.75) is 50.8 Å². The number of benzene rings is 1. The molecule has 3 fully saturated rings. The highest BCUT2D eigenvalue weighted by Gasteiger charge is 2.50. The Labute approximate surface area is 168 Å². The molecule has 4 heterocycles. The molecule has 2 aromatic rings. The van der Waals surface area contributed by atoms with Crippen LogP contribution in [-0.2, 0) is 9.53 Å². The molecule has 0 unspecified atom stereocenters. The van der Waals surface area contributed by atoms with Gasteiger partial charge in [-0.05, 0) is 37.5 Å². The van der Waals surface area contributed by atoms with Gasteiger partial charge in [-0.2, -0.15) is 0 Å². The fourth-order valence-corrected chi connectivity index (χ4v) is 4.75. The number of likely N-dealkylation sites (tertiary alicyclic amines) is 2. The lowest BCUT2D eigenvalue weighted by atomic mass is 10.1. The van der Waals surface area contributed by atoms with Gasteiger partial charge < -0.3 is 19.0 Å². The van der Waals surface area contributed by atoms with E-state index in [1.165, 1.54) is 0 Å². The monoisotopic (exact) mass is 396 g/mol. The molecule has 2 amide bonds. The minimum atomic E-state index is -0.454. The number of ether oxygens (including phenoxy) is 1. The SMILES string of the molecule is Cc1nnc(-c2cccc(C(=O)N3[C@H](C(=O)N4CCCC4)C[C@@H]4OCC[C@@H]43)c2)o1. The molecule has 0 radical (unpaired) electrons. The summed E-state index contributed by atoms with van der Waals surface area (Å²) in [5.74, 6) is 0.764. The Bertz CT molecular complexity index is 936. The highest BCUT2D eigenvalue weighted by molar-refractivity contribution is 5.99.